The van der Waals surface area contributed by atoms with E-state index in [0.29, 0.717) is 30.9 Å². The number of nitrogens with zero attached hydrogens (tertiary/aromatic N) is 2. The third kappa shape index (κ3) is 4.89. The fourth-order valence-electron chi connectivity index (χ4n) is 3.77. The van der Waals surface area contributed by atoms with Gasteiger partial charge in [-0.1, -0.05) is 23.7 Å². The molecule has 0 spiro atoms. The molecule has 1 saturated heterocycles. The highest BCUT2D eigenvalue weighted by atomic mass is 35.5. The monoisotopic (exact) mass is 458 g/mol. The van der Waals surface area contributed by atoms with Crippen molar-refractivity contribution in [1.82, 2.24) is 9.80 Å². The van der Waals surface area contributed by atoms with Gasteiger partial charge in [0.25, 0.3) is 11.7 Å². The highest BCUT2D eigenvalue weighted by molar-refractivity contribution is 6.46. The highest BCUT2D eigenvalue weighted by Gasteiger charge is 2.46. The molecule has 3 rings (SSSR count). The fraction of sp³-hybridized carbons (Fsp3) is 0.333. The molecule has 170 valence electrons. The van der Waals surface area contributed by atoms with Crippen LogP contribution in [-0.4, -0.2) is 65.5 Å². The number of hydrogen-bond donors (Lipinski definition) is 2. The zero-order chi connectivity index (χ0) is 23.4. The molecular formula is C24H27ClN2O5. The molecule has 32 heavy (non-hydrogen) atoms. The molecule has 0 aliphatic carbocycles. The predicted octanol–water partition coefficient (Wildman–Crippen LogP) is 3.82. The second kappa shape index (κ2) is 10.1. The standard InChI is InChI=1S/C24H27ClN2O5/c1-4-32-17-9-6-15(7-10-17)21-20(22(29)18-14-16(25)8-11-19(18)28)23(30)24(31)27(21)13-5-12-26(2)3/h6-11,14,21,28-29H,4-5,12-13H2,1-3H3/t21-/m0/s1. The van der Waals surface area contributed by atoms with Crippen molar-refractivity contribution >= 4 is 29.1 Å². The molecule has 0 bridgehead atoms. The minimum absolute atomic E-state index is 0.000252. The molecular weight excluding hydrogens is 432 g/mol. The quantitative estimate of drug-likeness (QED) is 0.355. The SMILES string of the molecule is CCOc1ccc([C@H]2C(=C(O)c3cc(Cl)ccc3O)C(=O)C(=O)N2CCCN(C)C)cc1. The summed E-state index contributed by atoms with van der Waals surface area (Å²) >= 11 is 6.03. The molecule has 1 aliphatic heterocycles. The number of halogens is 1. The van der Waals surface area contributed by atoms with Crippen molar-refractivity contribution in [2.75, 3.05) is 33.8 Å². The number of hydrogen-bond acceptors (Lipinski definition) is 6. The minimum atomic E-state index is -0.800. The van der Waals surface area contributed by atoms with E-state index in [1.54, 1.807) is 24.3 Å². The maximum Gasteiger partial charge on any atom is 0.295 e. The lowest BCUT2D eigenvalue weighted by Gasteiger charge is -2.26. The molecule has 2 aromatic carbocycles. The van der Waals surface area contributed by atoms with Gasteiger partial charge in [-0.05, 0) is 69.9 Å². The van der Waals surface area contributed by atoms with Crippen molar-refractivity contribution in [2.45, 2.75) is 19.4 Å². The van der Waals surface area contributed by atoms with E-state index < -0.39 is 23.5 Å². The molecule has 1 amide bonds. The third-order valence-electron chi connectivity index (χ3n) is 5.26. The Labute approximate surface area is 192 Å². The Morgan fingerprint density at radius 2 is 1.84 bits per heavy atom. The summed E-state index contributed by atoms with van der Waals surface area (Å²) in [5, 5.41) is 21.6. The summed E-state index contributed by atoms with van der Waals surface area (Å²) in [5.41, 5.74) is 0.571. The number of carbonyl (C=O) groups excluding carboxylic acids is 2. The van der Waals surface area contributed by atoms with Gasteiger partial charge in [0.05, 0.1) is 23.8 Å². The lowest BCUT2D eigenvalue weighted by Crippen LogP contribution is -2.32. The van der Waals surface area contributed by atoms with Crippen LogP contribution in [0.15, 0.2) is 48.0 Å². The third-order valence-corrected chi connectivity index (χ3v) is 5.50. The first kappa shape index (κ1) is 23.6. The average molecular weight is 459 g/mol. The van der Waals surface area contributed by atoms with E-state index in [4.69, 9.17) is 16.3 Å². The number of aliphatic hydroxyl groups excluding tert-OH is 1. The number of likely N-dealkylation sites (tertiary alicyclic amines) is 1. The second-order valence-electron chi connectivity index (χ2n) is 7.81. The minimum Gasteiger partial charge on any atom is -0.507 e. The Balaban J connectivity index is 2.11. The summed E-state index contributed by atoms with van der Waals surface area (Å²) in [6, 6.07) is 10.4. The van der Waals surface area contributed by atoms with Crippen molar-refractivity contribution < 1.29 is 24.5 Å². The van der Waals surface area contributed by atoms with Gasteiger partial charge < -0.3 is 24.7 Å². The van der Waals surface area contributed by atoms with Gasteiger partial charge in [0.15, 0.2) is 0 Å². The van der Waals surface area contributed by atoms with Crippen LogP contribution in [0.2, 0.25) is 5.02 Å². The van der Waals surface area contributed by atoms with Crippen LogP contribution < -0.4 is 4.74 Å². The molecule has 0 radical (unpaired) electrons. The number of benzene rings is 2. The van der Waals surface area contributed by atoms with Gasteiger partial charge in [-0.3, -0.25) is 9.59 Å². The summed E-state index contributed by atoms with van der Waals surface area (Å²) in [6.07, 6.45) is 0.649. The molecule has 1 atom stereocenters. The van der Waals surface area contributed by atoms with Crippen LogP contribution in [0.5, 0.6) is 11.5 Å². The van der Waals surface area contributed by atoms with E-state index in [9.17, 15) is 19.8 Å². The van der Waals surface area contributed by atoms with E-state index >= 15 is 0 Å². The Hall–Kier alpha value is -3.03. The first-order valence-electron chi connectivity index (χ1n) is 10.4. The molecule has 0 saturated carbocycles. The largest absolute Gasteiger partial charge is 0.507 e. The van der Waals surface area contributed by atoms with Crippen molar-refractivity contribution in [3.63, 3.8) is 0 Å². The summed E-state index contributed by atoms with van der Waals surface area (Å²) in [6.45, 7) is 3.45. The Morgan fingerprint density at radius 1 is 1.16 bits per heavy atom. The van der Waals surface area contributed by atoms with Gasteiger partial charge >= 0.3 is 0 Å². The molecule has 8 heteroatoms. The Kier molecular flexibility index (Phi) is 7.43. The van der Waals surface area contributed by atoms with Crippen LogP contribution in [0.4, 0.5) is 0 Å². The zero-order valence-corrected chi connectivity index (χ0v) is 19.1. The Morgan fingerprint density at radius 3 is 2.47 bits per heavy atom. The van der Waals surface area contributed by atoms with Crippen LogP contribution in [0.25, 0.3) is 5.76 Å². The predicted molar refractivity (Wildman–Crippen MR) is 123 cm³/mol. The first-order chi connectivity index (χ1) is 15.2. The van der Waals surface area contributed by atoms with Crippen molar-refractivity contribution in [2.24, 2.45) is 0 Å². The maximum atomic E-state index is 13.0. The van der Waals surface area contributed by atoms with Crippen molar-refractivity contribution in [1.29, 1.82) is 0 Å². The number of phenols is 1. The van der Waals surface area contributed by atoms with E-state index in [1.807, 2.05) is 25.9 Å². The van der Waals surface area contributed by atoms with Gasteiger partial charge in [0.1, 0.15) is 17.3 Å². The van der Waals surface area contributed by atoms with Crippen LogP contribution >= 0.6 is 11.6 Å². The number of Topliss-reactive ketones (excluding diaryl/α,β-unsaturated/α-hetero) is 1. The van der Waals surface area contributed by atoms with Crippen molar-refractivity contribution in [3.05, 3.63) is 64.2 Å². The normalized spacial score (nSPS) is 17.9. The van der Waals surface area contributed by atoms with E-state index in [0.717, 1.165) is 6.54 Å². The van der Waals surface area contributed by atoms with Crippen LogP contribution in [0.3, 0.4) is 0 Å². The maximum absolute atomic E-state index is 13.0. The lowest BCUT2D eigenvalue weighted by molar-refractivity contribution is -0.139. The molecule has 2 aromatic rings. The summed E-state index contributed by atoms with van der Waals surface area (Å²) in [7, 11) is 3.86. The van der Waals surface area contributed by atoms with Gasteiger partial charge in [-0.25, -0.2) is 0 Å². The summed E-state index contributed by atoms with van der Waals surface area (Å²) in [4.78, 5) is 29.4. The Bertz CT molecular complexity index is 1030. The average Bonchev–Trinajstić information content (AvgIpc) is 3.00. The topological polar surface area (TPSA) is 90.3 Å². The first-order valence-corrected chi connectivity index (χ1v) is 10.8. The summed E-state index contributed by atoms with van der Waals surface area (Å²) in [5.74, 6) is -1.53. The molecule has 0 aromatic heterocycles. The highest BCUT2D eigenvalue weighted by Crippen LogP contribution is 2.41. The van der Waals surface area contributed by atoms with Crippen molar-refractivity contribution in [3.8, 4) is 11.5 Å². The number of ether oxygens (including phenoxy) is 1. The number of aliphatic hydroxyl groups is 1. The fourth-order valence-corrected chi connectivity index (χ4v) is 3.94. The molecule has 1 heterocycles. The van der Waals surface area contributed by atoms with Crippen LogP contribution in [-0.2, 0) is 9.59 Å². The van der Waals surface area contributed by atoms with Gasteiger partial charge in [-0.2, -0.15) is 0 Å². The molecule has 1 aliphatic rings. The number of phenolic OH excluding ortho intramolecular Hbond substituents is 1. The molecule has 7 nitrogen and oxygen atoms in total. The number of carbonyl (C=O) groups is 2. The number of aromatic hydroxyl groups is 1. The van der Waals surface area contributed by atoms with Gasteiger partial charge in [0.2, 0.25) is 0 Å². The van der Waals surface area contributed by atoms with Gasteiger partial charge in [0, 0.05) is 11.6 Å². The number of rotatable bonds is 8. The van der Waals surface area contributed by atoms with Gasteiger partial charge in [-0.15, -0.1) is 0 Å². The van der Waals surface area contributed by atoms with E-state index in [1.165, 1.54) is 23.1 Å². The van der Waals surface area contributed by atoms with Crippen LogP contribution in [0, 0.1) is 0 Å². The second-order valence-corrected chi connectivity index (χ2v) is 8.25. The number of amides is 1. The zero-order valence-electron chi connectivity index (χ0n) is 18.3. The number of ketones is 1. The van der Waals surface area contributed by atoms with E-state index in [2.05, 4.69) is 0 Å². The molecule has 0 unspecified atom stereocenters. The lowest BCUT2D eigenvalue weighted by atomic mass is 9.95. The molecule has 2 N–H and O–H groups in total. The van der Waals surface area contributed by atoms with E-state index in [-0.39, 0.29) is 21.9 Å². The molecule has 1 fully saturated rings. The smallest absolute Gasteiger partial charge is 0.295 e. The summed E-state index contributed by atoms with van der Waals surface area (Å²) < 4.78 is 5.49. The van der Waals surface area contributed by atoms with Crippen LogP contribution in [0.1, 0.15) is 30.5 Å².